The third kappa shape index (κ3) is 2.97. The van der Waals surface area contributed by atoms with Gasteiger partial charge in [0.15, 0.2) is 0 Å². The summed E-state index contributed by atoms with van der Waals surface area (Å²) in [5.74, 6) is 1.72. The molecule has 0 saturated carbocycles. The van der Waals surface area contributed by atoms with Gasteiger partial charge in [0.25, 0.3) is 0 Å². The molecule has 0 amide bonds. The predicted molar refractivity (Wildman–Crippen MR) is 97.6 cm³/mol. The second-order valence-corrected chi connectivity index (χ2v) is 7.34. The molecule has 3 unspecified atom stereocenters. The Balaban J connectivity index is 1.37. The van der Waals surface area contributed by atoms with Crippen molar-refractivity contribution in [2.45, 2.75) is 45.1 Å². The summed E-state index contributed by atoms with van der Waals surface area (Å²) in [7, 11) is 0. The fraction of sp³-hybridized carbons (Fsp3) is 0.524. The monoisotopic (exact) mass is 308 g/mol. The summed E-state index contributed by atoms with van der Waals surface area (Å²) < 4.78 is 0. The van der Waals surface area contributed by atoms with E-state index in [1.807, 2.05) is 0 Å². The van der Waals surface area contributed by atoms with Crippen molar-refractivity contribution in [1.82, 2.24) is 9.88 Å². The first-order valence-corrected chi connectivity index (χ1v) is 9.31. The van der Waals surface area contributed by atoms with Crippen LogP contribution in [0.4, 0.5) is 0 Å². The van der Waals surface area contributed by atoms with Crippen LogP contribution in [0, 0.1) is 11.8 Å². The Hall–Kier alpha value is -1.54. The average Bonchev–Trinajstić information content (AvgIpc) is 2.76. The number of aryl methyl sites for hydroxylation is 1. The molecule has 5 rings (SSSR count). The number of piperidine rings is 1. The second-order valence-electron chi connectivity index (χ2n) is 7.34. The molecule has 3 atom stereocenters. The smallest absolute Gasteiger partial charge is 0.0456 e. The van der Waals surface area contributed by atoms with Gasteiger partial charge in [-0.2, -0.15) is 0 Å². The number of para-hydroxylation sites is 1. The fourth-order valence-electron chi connectivity index (χ4n) is 4.67. The summed E-state index contributed by atoms with van der Waals surface area (Å²) in [6.07, 6.45) is 13.6. The van der Waals surface area contributed by atoms with Crippen LogP contribution in [0.2, 0.25) is 0 Å². The minimum Gasteiger partial charge on any atom is -0.361 e. The highest BCUT2D eigenvalue weighted by molar-refractivity contribution is 5.82. The number of benzene rings is 1. The van der Waals surface area contributed by atoms with E-state index in [-0.39, 0.29) is 0 Å². The minimum absolute atomic E-state index is 0.790. The van der Waals surface area contributed by atoms with Crippen molar-refractivity contribution in [3.8, 4) is 0 Å². The molecule has 1 aliphatic carbocycles. The van der Waals surface area contributed by atoms with Gasteiger partial charge >= 0.3 is 0 Å². The molecule has 2 bridgehead atoms. The van der Waals surface area contributed by atoms with Gasteiger partial charge in [0.05, 0.1) is 0 Å². The normalized spacial score (nSPS) is 27.6. The summed E-state index contributed by atoms with van der Waals surface area (Å²) in [6, 6.07) is 9.45. The molecule has 122 valence electrons. The van der Waals surface area contributed by atoms with E-state index < -0.39 is 0 Å². The van der Waals surface area contributed by atoms with Gasteiger partial charge in [0.1, 0.15) is 0 Å². The first-order valence-electron chi connectivity index (χ1n) is 9.31. The molecule has 2 aliphatic heterocycles. The van der Waals surface area contributed by atoms with E-state index in [1.165, 1.54) is 61.7 Å². The molecule has 0 spiro atoms. The maximum Gasteiger partial charge on any atom is 0.0456 e. The Morgan fingerprint density at radius 1 is 1.26 bits per heavy atom. The van der Waals surface area contributed by atoms with Crippen LogP contribution < -0.4 is 0 Å². The third-order valence-corrected chi connectivity index (χ3v) is 6.02. The summed E-state index contributed by atoms with van der Waals surface area (Å²) in [4.78, 5) is 6.17. The van der Waals surface area contributed by atoms with Crippen molar-refractivity contribution < 1.29 is 0 Å². The Morgan fingerprint density at radius 3 is 3.09 bits per heavy atom. The number of rotatable bonds is 5. The highest BCUT2D eigenvalue weighted by atomic mass is 15.2. The van der Waals surface area contributed by atoms with E-state index in [1.54, 1.807) is 0 Å². The number of nitrogens with one attached hydrogen (secondary N) is 1. The SMILES string of the molecule is CCC1CC2CC=CC1CN2CCCc1c[nH]c2ccccc12. The van der Waals surface area contributed by atoms with Crippen molar-refractivity contribution in [2.24, 2.45) is 11.8 Å². The van der Waals surface area contributed by atoms with Crippen LogP contribution in [0.1, 0.15) is 38.2 Å². The van der Waals surface area contributed by atoms with Gasteiger partial charge in [0, 0.05) is 29.7 Å². The van der Waals surface area contributed by atoms with Gasteiger partial charge in [-0.1, -0.05) is 43.7 Å². The molecule has 3 heterocycles. The average molecular weight is 308 g/mol. The predicted octanol–water partition coefficient (Wildman–Crippen LogP) is 4.78. The van der Waals surface area contributed by atoms with Crippen molar-refractivity contribution in [3.05, 3.63) is 48.2 Å². The first-order chi connectivity index (χ1) is 11.3. The molecule has 2 aromatic rings. The summed E-state index contributed by atoms with van der Waals surface area (Å²) in [5.41, 5.74) is 2.75. The Labute approximate surface area is 139 Å². The molecule has 1 saturated heterocycles. The molecular weight excluding hydrogens is 280 g/mol. The lowest BCUT2D eigenvalue weighted by Gasteiger charge is -2.41. The molecule has 1 fully saturated rings. The van der Waals surface area contributed by atoms with Crippen LogP contribution >= 0.6 is 0 Å². The summed E-state index contributed by atoms with van der Waals surface area (Å²) >= 11 is 0. The minimum atomic E-state index is 0.790. The molecule has 2 heteroatoms. The number of aromatic nitrogens is 1. The molecular formula is C21H28N2. The van der Waals surface area contributed by atoms with E-state index in [9.17, 15) is 0 Å². The largest absolute Gasteiger partial charge is 0.361 e. The zero-order chi connectivity index (χ0) is 15.6. The summed E-state index contributed by atoms with van der Waals surface area (Å²) in [6.45, 7) is 4.90. The number of nitrogens with zero attached hydrogens (tertiary/aromatic N) is 1. The van der Waals surface area contributed by atoms with Gasteiger partial charge < -0.3 is 4.98 Å². The lowest BCUT2D eigenvalue weighted by atomic mass is 9.81. The van der Waals surface area contributed by atoms with Crippen molar-refractivity contribution in [2.75, 3.05) is 13.1 Å². The van der Waals surface area contributed by atoms with E-state index >= 15 is 0 Å². The zero-order valence-corrected chi connectivity index (χ0v) is 14.2. The van der Waals surface area contributed by atoms with Crippen LogP contribution in [0.15, 0.2) is 42.6 Å². The first kappa shape index (κ1) is 15.0. The van der Waals surface area contributed by atoms with E-state index in [0.29, 0.717) is 0 Å². The van der Waals surface area contributed by atoms with Crippen LogP contribution in [0.5, 0.6) is 0 Å². The van der Waals surface area contributed by atoms with Crippen LogP contribution in [0.3, 0.4) is 0 Å². The second kappa shape index (κ2) is 6.52. The number of fused-ring (bicyclic) bond motifs is 4. The van der Waals surface area contributed by atoms with E-state index in [0.717, 1.165) is 17.9 Å². The van der Waals surface area contributed by atoms with E-state index in [2.05, 4.69) is 59.4 Å². The highest BCUT2D eigenvalue weighted by Gasteiger charge is 2.34. The topological polar surface area (TPSA) is 19.0 Å². The number of H-pyrrole nitrogens is 1. The molecule has 1 N–H and O–H groups in total. The third-order valence-electron chi connectivity index (χ3n) is 6.02. The van der Waals surface area contributed by atoms with Crippen LogP contribution in [-0.2, 0) is 6.42 Å². The molecule has 1 aromatic carbocycles. The molecule has 1 aromatic heterocycles. The fourth-order valence-corrected chi connectivity index (χ4v) is 4.67. The standard InChI is InChI=1S/C21H28N2/c1-2-16-13-19-9-5-7-18(16)15-23(19)12-6-8-17-14-22-21-11-4-3-10-20(17)21/h3-5,7,10-11,14,16,18-19,22H,2,6,8-9,12-13,15H2,1H3. The Bertz CT molecular complexity index is 684. The molecule has 23 heavy (non-hydrogen) atoms. The maximum atomic E-state index is 3.40. The number of aromatic amines is 1. The van der Waals surface area contributed by atoms with Gasteiger partial charge in [-0.25, -0.2) is 0 Å². The molecule has 3 aliphatic rings. The van der Waals surface area contributed by atoms with Gasteiger partial charge in [0.2, 0.25) is 0 Å². The number of hydrogen-bond donors (Lipinski definition) is 1. The van der Waals surface area contributed by atoms with Crippen LogP contribution in [-0.4, -0.2) is 29.0 Å². The maximum absolute atomic E-state index is 3.40. The quantitative estimate of drug-likeness (QED) is 0.788. The van der Waals surface area contributed by atoms with Crippen molar-refractivity contribution in [3.63, 3.8) is 0 Å². The Morgan fingerprint density at radius 2 is 2.17 bits per heavy atom. The van der Waals surface area contributed by atoms with Gasteiger partial charge in [-0.15, -0.1) is 0 Å². The van der Waals surface area contributed by atoms with Crippen LogP contribution in [0.25, 0.3) is 10.9 Å². The zero-order valence-electron chi connectivity index (χ0n) is 14.2. The highest BCUT2D eigenvalue weighted by Crippen LogP contribution is 2.35. The Kier molecular flexibility index (Phi) is 4.26. The molecule has 2 nitrogen and oxygen atoms in total. The lowest BCUT2D eigenvalue weighted by molar-refractivity contribution is 0.0862. The van der Waals surface area contributed by atoms with Gasteiger partial charge in [-0.3, -0.25) is 4.90 Å². The van der Waals surface area contributed by atoms with Crippen molar-refractivity contribution >= 4 is 10.9 Å². The van der Waals surface area contributed by atoms with Gasteiger partial charge in [-0.05, 0) is 55.7 Å². The van der Waals surface area contributed by atoms with Crippen molar-refractivity contribution in [1.29, 1.82) is 0 Å². The lowest BCUT2D eigenvalue weighted by Crippen LogP contribution is -2.45. The van der Waals surface area contributed by atoms with E-state index in [4.69, 9.17) is 0 Å². The molecule has 0 radical (unpaired) electrons. The number of hydrogen-bond acceptors (Lipinski definition) is 1. The summed E-state index contributed by atoms with van der Waals surface area (Å²) in [5, 5.41) is 1.40.